The molecule has 1 saturated heterocycles. The van der Waals surface area contributed by atoms with Crippen molar-refractivity contribution in [3.63, 3.8) is 0 Å². The monoisotopic (exact) mass is 370 g/mol. The molecule has 1 aromatic heterocycles. The molecule has 26 heavy (non-hydrogen) atoms. The minimum Gasteiger partial charge on any atom is -0.468 e. The predicted molar refractivity (Wildman–Crippen MR) is 93.1 cm³/mol. The molecule has 1 aliphatic heterocycles. The number of guanidine groups is 1. The van der Waals surface area contributed by atoms with Gasteiger partial charge in [0.15, 0.2) is 12.6 Å². The second kappa shape index (κ2) is 7.72. The molecule has 0 aromatic carbocycles. The van der Waals surface area contributed by atoms with Crippen LogP contribution in [0.2, 0.25) is 0 Å². The highest BCUT2D eigenvalue weighted by Gasteiger charge is 2.41. The highest BCUT2D eigenvalue weighted by Crippen LogP contribution is 2.45. The maximum Gasteiger partial charge on any atom is 0.422 e. The van der Waals surface area contributed by atoms with Crippen LogP contribution in [0.5, 0.6) is 5.88 Å². The topological polar surface area (TPSA) is 49.8 Å². The van der Waals surface area contributed by atoms with Crippen LogP contribution < -0.4 is 10.1 Å². The van der Waals surface area contributed by atoms with Gasteiger partial charge in [-0.25, -0.2) is 4.98 Å². The van der Waals surface area contributed by atoms with Crippen LogP contribution in [-0.2, 0) is 6.54 Å². The van der Waals surface area contributed by atoms with Crippen molar-refractivity contribution in [2.75, 3.05) is 26.7 Å². The highest BCUT2D eigenvalue weighted by atomic mass is 19.4. The summed E-state index contributed by atoms with van der Waals surface area (Å²) in [5, 5.41) is 3.32. The van der Waals surface area contributed by atoms with E-state index in [2.05, 4.69) is 24.9 Å². The smallest absolute Gasteiger partial charge is 0.422 e. The number of aromatic nitrogens is 1. The van der Waals surface area contributed by atoms with E-state index in [0.29, 0.717) is 12.0 Å². The van der Waals surface area contributed by atoms with E-state index in [-0.39, 0.29) is 5.88 Å². The number of hydrogen-bond donors (Lipinski definition) is 1. The fourth-order valence-electron chi connectivity index (χ4n) is 3.92. The quantitative estimate of drug-likeness (QED) is 0.652. The Bertz CT molecular complexity index is 624. The molecule has 8 heteroatoms. The van der Waals surface area contributed by atoms with Crippen LogP contribution in [-0.4, -0.2) is 48.8 Å². The number of nitrogens with zero attached hydrogens (tertiary/aromatic N) is 3. The van der Waals surface area contributed by atoms with Crippen molar-refractivity contribution in [1.29, 1.82) is 0 Å². The lowest BCUT2D eigenvalue weighted by Crippen LogP contribution is -2.40. The summed E-state index contributed by atoms with van der Waals surface area (Å²) >= 11 is 0. The Morgan fingerprint density at radius 3 is 2.69 bits per heavy atom. The molecule has 2 fully saturated rings. The molecule has 1 spiro atoms. The molecule has 144 valence electrons. The van der Waals surface area contributed by atoms with Crippen molar-refractivity contribution in [3.8, 4) is 5.88 Å². The van der Waals surface area contributed by atoms with E-state index in [1.807, 2.05) is 0 Å². The van der Waals surface area contributed by atoms with Gasteiger partial charge in [-0.2, -0.15) is 13.2 Å². The molecule has 1 saturated carbocycles. The number of likely N-dealkylation sites (tertiary alicyclic amines) is 1. The van der Waals surface area contributed by atoms with Gasteiger partial charge in [0.25, 0.3) is 0 Å². The van der Waals surface area contributed by atoms with Crippen LogP contribution in [0.15, 0.2) is 23.3 Å². The molecule has 0 unspecified atom stereocenters. The standard InChI is InChI=1S/C18H25F3N4O/c1-22-16(25-9-8-17(12-25)6-2-3-7-17)24-11-14-4-5-15(23-10-14)26-13-18(19,20)21/h4-5,10H,2-3,6-9,11-13H2,1H3,(H,22,24). The van der Waals surface area contributed by atoms with E-state index in [0.717, 1.165) is 24.6 Å². The van der Waals surface area contributed by atoms with Crippen LogP contribution in [0, 0.1) is 5.41 Å². The summed E-state index contributed by atoms with van der Waals surface area (Å²) in [6.07, 6.45) is 3.66. The van der Waals surface area contributed by atoms with Crippen LogP contribution in [0.1, 0.15) is 37.7 Å². The van der Waals surface area contributed by atoms with Crippen molar-refractivity contribution in [3.05, 3.63) is 23.9 Å². The summed E-state index contributed by atoms with van der Waals surface area (Å²) in [7, 11) is 1.77. The van der Waals surface area contributed by atoms with Gasteiger partial charge in [-0.3, -0.25) is 4.99 Å². The number of pyridine rings is 1. The minimum atomic E-state index is -4.36. The highest BCUT2D eigenvalue weighted by molar-refractivity contribution is 5.80. The SMILES string of the molecule is CN=C(NCc1ccc(OCC(F)(F)F)nc1)N1CCC2(CCCC2)C1. The van der Waals surface area contributed by atoms with Gasteiger partial charge in [-0.05, 0) is 30.2 Å². The third-order valence-electron chi connectivity index (χ3n) is 5.25. The average Bonchev–Trinajstić information content (AvgIpc) is 3.24. The van der Waals surface area contributed by atoms with E-state index in [1.165, 1.54) is 44.4 Å². The number of halogens is 3. The van der Waals surface area contributed by atoms with E-state index in [4.69, 9.17) is 0 Å². The van der Waals surface area contributed by atoms with Crippen LogP contribution >= 0.6 is 0 Å². The number of hydrogen-bond acceptors (Lipinski definition) is 3. The molecule has 0 radical (unpaired) electrons. The molecular weight excluding hydrogens is 345 g/mol. The first-order chi connectivity index (χ1) is 12.4. The van der Waals surface area contributed by atoms with Crippen LogP contribution in [0.4, 0.5) is 13.2 Å². The largest absolute Gasteiger partial charge is 0.468 e. The first kappa shape index (κ1) is 18.8. The Morgan fingerprint density at radius 1 is 1.31 bits per heavy atom. The van der Waals surface area contributed by atoms with Crippen molar-refractivity contribution < 1.29 is 17.9 Å². The fraction of sp³-hybridized carbons (Fsp3) is 0.667. The van der Waals surface area contributed by atoms with Crippen molar-refractivity contribution in [1.82, 2.24) is 15.2 Å². The second-order valence-corrected chi connectivity index (χ2v) is 7.19. The van der Waals surface area contributed by atoms with Gasteiger partial charge in [0.05, 0.1) is 0 Å². The van der Waals surface area contributed by atoms with Crippen molar-refractivity contribution >= 4 is 5.96 Å². The number of aliphatic imine (C=N–C) groups is 1. The normalized spacial score (nSPS) is 20.0. The Labute approximate surface area is 151 Å². The van der Waals surface area contributed by atoms with Crippen molar-refractivity contribution in [2.45, 2.75) is 44.8 Å². The number of nitrogens with one attached hydrogen (secondary N) is 1. The van der Waals surface area contributed by atoms with Gasteiger partial charge >= 0.3 is 6.18 Å². The van der Waals surface area contributed by atoms with Crippen molar-refractivity contribution in [2.24, 2.45) is 10.4 Å². The zero-order chi connectivity index (χ0) is 18.6. The molecule has 3 rings (SSSR count). The molecular formula is C18H25F3N4O. The Kier molecular flexibility index (Phi) is 5.58. The lowest BCUT2D eigenvalue weighted by Gasteiger charge is -2.25. The molecule has 2 aliphatic rings. The third-order valence-corrected chi connectivity index (χ3v) is 5.25. The van der Waals surface area contributed by atoms with E-state index in [1.54, 1.807) is 13.1 Å². The number of alkyl halides is 3. The minimum absolute atomic E-state index is 0.0295. The van der Waals surface area contributed by atoms with Gasteiger partial charge in [0.1, 0.15) is 0 Å². The Morgan fingerprint density at radius 2 is 2.08 bits per heavy atom. The molecule has 1 N–H and O–H groups in total. The van der Waals surface area contributed by atoms with Gasteiger partial charge in [0, 0.05) is 38.9 Å². The first-order valence-corrected chi connectivity index (χ1v) is 8.99. The summed E-state index contributed by atoms with van der Waals surface area (Å²) in [6, 6.07) is 3.16. The molecule has 0 atom stereocenters. The Hall–Kier alpha value is -1.99. The second-order valence-electron chi connectivity index (χ2n) is 7.19. The first-order valence-electron chi connectivity index (χ1n) is 8.99. The molecule has 2 heterocycles. The molecule has 1 aliphatic carbocycles. The zero-order valence-corrected chi connectivity index (χ0v) is 15.0. The van der Waals surface area contributed by atoms with E-state index >= 15 is 0 Å². The van der Waals surface area contributed by atoms with Crippen LogP contribution in [0.3, 0.4) is 0 Å². The lowest BCUT2D eigenvalue weighted by molar-refractivity contribution is -0.154. The van der Waals surface area contributed by atoms with Gasteiger partial charge in [-0.1, -0.05) is 18.9 Å². The van der Waals surface area contributed by atoms with Gasteiger partial charge < -0.3 is 15.0 Å². The van der Waals surface area contributed by atoms with E-state index < -0.39 is 12.8 Å². The molecule has 0 amide bonds. The third kappa shape index (κ3) is 4.80. The molecule has 1 aromatic rings. The van der Waals surface area contributed by atoms with Crippen LogP contribution in [0.25, 0.3) is 0 Å². The number of rotatable bonds is 4. The lowest BCUT2D eigenvalue weighted by atomic mass is 9.86. The fourth-order valence-corrected chi connectivity index (χ4v) is 3.92. The summed E-state index contributed by atoms with van der Waals surface area (Å²) in [4.78, 5) is 10.6. The van der Waals surface area contributed by atoms with Gasteiger partial charge in [-0.15, -0.1) is 0 Å². The molecule has 0 bridgehead atoms. The molecule has 5 nitrogen and oxygen atoms in total. The maximum atomic E-state index is 12.1. The maximum absolute atomic E-state index is 12.1. The summed E-state index contributed by atoms with van der Waals surface area (Å²) < 4.78 is 41.1. The number of ether oxygens (including phenoxy) is 1. The summed E-state index contributed by atoms with van der Waals surface area (Å²) in [6.45, 7) is 1.25. The average molecular weight is 370 g/mol. The van der Waals surface area contributed by atoms with Gasteiger partial charge in [0.2, 0.25) is 5.88 Å². The zero-order valence-electron chi connectivity index (χ0n) is 15.0. The van der Waals surface area contributed by atoms with E-state index in [9.17, 15) is 13.2 Å². The summed E-state index contributed by atoms with van der Waals surface area (Å²) in [5.74, 6) is 0.837. The predicted octanol–water partition coefficient (Wildman–Crippen LogP) is 3.36. The summed E-state index contributed by atoms with van der Waals surface area (Å²) in [5.41, 5.74) is 1.33. The Balaban J connectivity index is 1.49.